The highest BCUT2D eigenvalue weighted by molar-refractivity contribution is 8.14. The molecule has 17 heavy (non-hydrogen) atoms. The van der Waals surface area contributed by atoms with E-state index < -0.39 is 0 Å². The molecule has 0 spiro atoms. The van der Waals surface area contributed by atoms with Crippen LogP contribution in [0.15, 0.2) is 4.99 Å². The van der Waals surface area contributed by atoms with Gasteiger partial charge in [-0.05, 0) is 24.7 Å². The Kier molecular flexibility index (Phi) is 4.78. The Balaban J connectivity index is 1.81. The minimum Gasteiger partial charge on any atom is -0.362 e. The molecule has 1 saturated carbocycles. The third-order valence-electron chi connectivity index (χ3n) is 4.42. The largest absolute Gasteiger partial charge is 0.362 e. The molecule has 2 nitrogen and oxygen atoms in total. The first kappa shape index (κ1) is 13.3. The molecular weight excluding hydrogens is 228 g/mol. The Bertz CT molecular complexity index is 273. The normalized spacial score (nSPS) is 33.2. The minimum absolute atomic E-state index is 0.682. The summed E-state index contributed by atoms with van der Waals surface area (Å²) in [5.41, 5.74) is 0. The average molecular weight is 254 g/mol. The molecule has 0 saturated heterocycles. The number of hydrogen-bond acceptors (Lipinski definition) is 3. The summed E-state index contributed by atoms with van der Waals surface area (Å²) in [4.78, 5) is 4.70. The number of rotatable bonds is 4. The van der Waals surface area contributed by atoms with Crippen molar-refractivity contribution in [1.29, 1.82) is 0 Å². The second-order valence-corrected chi connectivity index (χ2v) is 6.77. The van der Waals surface area contributed by atoms with E-state index in [1.807, 2.05) is 11.8 Å². The van der Waals surface area contributed by atoms with Crippen LogP contribution in [0.4, 0.5) is 0 Å². The highest BCUT2D eigenvalue weighted by atomic mass is 32.2. The number of amidine groups is 1. The van der Waals surface area contributed by atoms with Crippen molar-refractivity contribution < 1.29 is 0 Å². The van der Waals surface area contributed by atoms with Gasteiger partial charge in [-0.15, -0.1) is 0 Å². The summed E-state index contributed by atoms with van der Waals surface area (Å²) in [6.45, 7) is 8.00. The summed E-state index contributed by atoms with van der Waals surface area (Å²) in [7, 11) is 0. The van der Waals surface area contributed by atoms with E-state index in [2.05, 4.69) is 26.1 Å². The van der Waals surface area contributed by atoms with Crippen LogP contribution in [0.5, 0.6) is 0 Å². The van der Waals surface area contributed by atoms with Crippen LogP contribution in [0.2, 0.25) is 0 Å². The van der Waals surface area contributed by atoms with Gasteiger partial charge in [-0.3, -0.25) is 4.99 Å². The van der Waals surface area contributed by atoms with E-state index in [0.717, 1.165) is 23.6 Å². The maximum Gasteiger partial charge on any atom is 0.157 e. The van der Waals surface area contributed by atoms with Crippen molar-refractivity contribution in [3.8, 4) is 0 Å². The van der Waals surface area contributed by atoms with Gasteiger partial charge >= 0.3 is 0 Å². The quantitative estimate of drug-likeness (QED) is 0.828. The smallest absolute Gasteiger partial charge is 0.157 e. The Labute approximate surface area is 110 Å². The fourth-order valence-electron chi connectivity index (χ4n) is 3.05. The minimum atomic E-state index is 0.682. The molecule has 1 fully saturated rings. The highest BCUT2D eigenvalue weighted by Crippen LogP contribution is 2.32. The lowest BCUT2D eigenvalue weighted by Gasteiger charge is -2.21. The number of nitrogens with one attached hydrogen (secondary N) is 1. The topological polar surface area (TPSA) is 24.4 Å². The molecule has 2 aliphatic rings. The molecule has 3 heteroatoms. The zero-order chi connectivity index (χ0) is 12.3. The molecule has 2 rings (SSSR count). The molecule has 0 amide bonds. The van der Waals surface area contributed by atoms with Gasteiger partial charge in [0.15, 0.2) is 5.17 Å². The fraction of sp³-hybridized carbons (Fsp3) is 0.929. The van der Waals surface area contributed by atoms with Crippen molar-refractivity contribution in [2.75, 3.05) is 6.54 Å². The lowest BCUT2D eigenvalue weighted by Crippen LogP contribution is -2.34. The predicted octanol–water partition coefficient (Wildman–Crippen LogP) is 3.67. The summed E-state index contributed by atoms with van der Waals surface area (Å²) in [6, 6.07) is 0.682. The molecule has 0 aromatic heterocycles. The van der Waals surface area contributed by atoms with E-state index in [9.17, 15) is 0 Å². The molecule has 0 radical (unpaired) electrons. The van der Waals surface area contributed by atoms with Gasteiger partial charge in [-0.25, -0.2) is 0 Å². The van der Waals surface area contributed by atoms with Crippen LogP contribution < -0.4 is 5.32 Å². The van der Waals surface area contributed by atoms with Crippen LogP contribution in [0.25, 0.3) is 0 Å². The molecule has 1 aliphatic heterocycles. The van der Waals surface area contributed by atoms with Gasteiger partial charge in [-0.1, -0.05) is 51.8 Å². The number of thioether (sulfide) groups is 1. The van der Waals surface area contributed by atoms with Crippen molar-refractivity contribution in [2.24, 2.45) is 16.8 Å². The van der Waals surface area contributed by atoms with Crippen molar-refractivity contribution in [3.63, 3.8) is 0 Å². The molecular formula is C14H26N2S. The lowest BCUT2D eigenvalue weighted by molar-refractivity contribution is 0.479. The van der Waals surface area contributed by atoms with Crippen LogP contribution in [0.1, 0.15) is 52.9 Å². The molecule has 98 valence electrons. The van der Waals surface area contributed by atoms with Gasteiger partial charge in [0.25, 0.3) is 0 Å². The molecule has 0 aromatic rings. The molecule has 1 N–H and O–H groups in total. The van der Waals surface area contributed by atoms with Gasteiger partial charge in [0.2, 0.25) is 0 Å². The summed E-state index contributed by atoms with van der Waals surface area (Å²) in [5, 5.41) is 5.62. The highest BCUT2D eigenvalue weighted by Gasteiger charge is 2.29. The van der Waals surface area contributed by atoms with Gasteiger partial charge in [0, 0.05) is 11.3 Å². The van der Waals surface area contributed by atoms with E-state index in [-0.39, 0.29) is 0 Å². The molecule has 1 aliphatic carbocycles. The van der Waals surface area contributed by atoms with Gasteiger partial charge in [0.05, 0.1) is 6.54 Å². The fourth-order valence-corrected chi connectivity index (χ4v) is 4.43. The van der Waals surface area contributed by atoms with Gasteiger partial charge in [-0.2, -0.15) is 0 Å². The second-order valence-electron chi connectivity index (χ2n) is 5.54. The lowest BCUT2D eigenvalue weighted by atomic mass is 9.99. The maximum atomic E-state index is 4.70. The van der Waals surface area contributed by atoms with Crippen LogP contribution in [0, 0.1) is 11.8 Å². The SMILES string of the molecule is CCC(CC)C1CN=C(NC2CCCC2C)S1. The zero-order valence-electron chi connectivity index (χ0n) is 11.4. The van der Waals surface area contributed by atoms with E-state index in [4.69, 9.17) is 4.99 Å². The Hall–Kier alpha value is -0.180. The zero-order valence-corrected chi connectivity index (χ0v) is 12.2. The van der Waals surface area contributed by atoms with Crippen LogP contribution >= 0.6 is 11.8 Å². The molecule has 0 aromatic carbocycles. The van der Waals surface area contributed by atoms with Gasteiger partial charge in [0.1, 0.15) is 0 Å². The first-order chi connectivity index (χ1) is 8.24. The summed E-state index contributed by atoms with van der Waals surface area (Å²) >= 11 is 2.00. The number of hydrogen-bond donors (Lipinski definition) is 1. The maximum absolute atomic E-state index is 4.70. The van der Waals surface area contributed by atoms with Crippen LogP contribution in [-0.2, 0) is 0 Å². The van der Waals surface area contributed by atoms with Crippen molar-refractivity contribution in [2.45, 2.75) is 64.2 Å². The number of nitrogens with zero attached hydrogens (tertiary/aromatic N) is 1. The predicted molar refractivity (Wildman–Crippen MR) is 77.7 cm³/mol. The first-order valence-corrected chi connectivity index (χ1v) is 8.10. The third-order valence-corrected chi connectivity index (χ3v) is 5.73. The van der Waals surface area contributed by atoms with Gasteiger partial charge < -0.3 is 5.32 Å². The standard InChI is InChI=1S/C14H26N2S/c1-4-11(5-2)13-9-15-14(17-13)16-12-8-6-7-10(12)3/h10-13H,4-9H2,1-3H3,(H,15,16). The first-order valence-electron chi connectivity index (χ1n) is 7.22. The Morgan fingerprint density at radius 3 is 2.71 bits per heavy atom. The second kappa shape index (κ2) is 6.12. The number of aliphatic imine (C=N–C) groups is 1. The van der Waals surface area contributed by atoms with E-state index in [0.29, 0.717) is 6.04 Å². The molecule has 3 unspecified atom stereocenters. The van der Waals surface area contributed by atoms with E-state index in [1.54, 1.807) is 0 Å². The Morgan fingerprint density at radius 1 is 1.35 bits per heavy atom. The average Bonchev–Trinajstić information content (AvgIpc) is 2.92. The molecule has 3 atom stereocenters. The summed E-state index contributed by atoms with van der Waals surface area (Å²) in [6.07, 6.45) is 6.67. The van der Waals surface area contributed by atoms with Crippen molar-refractivity contribution in [1.82, 2.24) is 5.32 Å². The monoisotopic (exact) mass is 254 g/mol. The third kappa shape index (κ3) is 3.18. The van der Waals surface area contributed by atoms with Crippen molar-refractivity contribution >= 4 is 16.9 Å². The molecule has 1 heterocycles. The summed E-state index contributed by atoms with van der Waals surface area (Å²) in [5.74, 6) is 1.66. The van der Waals surface area contributed by atoms with Crippen LogP contribution in [0.3, 0.4) is 0 Å². The molecule has 0 bridgehead atoms. The van der Waals surface area contributed by atoms with E-state index in [1.165, 1.54) is 37.3 Å². The van der Waals surface area contributed by atoms with E-state index >= 15 is 0 Å². The summed E-state index contributed by atoms with van der Waals surface area (Å²) < 4.78 is 0. The van der Waals surface area contributed by atoms with Crippen molar-refractivity contribution in [3.05, 3.63) is 0 Å². The Morgan fingerprint density at radius 2 is 2.12 bits per heavy atom. The van der Waals surface area contributed by atoms with Crippen LogP contribution in [-0.4, -0.2) is 23.0 Å².